The Morgan fingerprint density at radius 1 is 1.12 bits per heavy atom. The van der Waals surface area contributed by atoms with Gasteiger partial charge in [0.1, 0.15) is 12.1 Å². The van der Waals surface area contributed by atoms with Crippen molar-refractivity contribution >= 4 is 51.4 Å². The number of nitrogens with one attached hydrogen (secondary N) is 2. The Labute approximate surface area is 187 Å². The number of epoxide rings is 1. The number of aliphatic carboxylic acids is 2. The molecule has 186 valence electrons. The van der Waals surface area contributed by atoms with Crippen molar-refractivity contribution in [2.45, 2.75) is 63.8 Å². The van der Waals surface area contributed by atoms with E-state index in [-0.39, 0.29) is 12.3 Å². The quantitative estimate of drug-likeness (QED) is 0.0946. The number of carbonyl (C=O) groups is 5. The number of nitrogens with zero attached hydrogens (tertiary/aromatic N) is 1. The average Bonchev–Trinajstić information content (AvgIpc) is 3.34. The molecule has 0 saturated carbocycles. The van der Waals surface area contributed by atoms with Crippen molar-refractivity contribution in [3.05, 3.63) is 0 Å². The number of likely N-dealkylation sites (tertiary alicyclic amines) is 1. The molecule has 0 radical (unpaired) electrons. The molecule has 2 aliphatic heterocycles. The average molecular weight is 735 g/mol. The molecule has 4 atom stereocenters. The van der Waals surface area contributed by atoms with Gasteiger partial charge in [0.15, 0.2) is 12.2 Å². The van der Waals surface area contributed by atoms with Crippen molar-refractivity contribution in [3.63, 3.8) is 0 Å². The van der Waals surface area contributed by atoms with Crippen LogP contribution in [0.5, 0.6) is 0 Å². The van der Waals surface area contributed by atoms with Gasteiger partial charge < -0.3 is 25.2 Å². The minimum Gasteiger partial charge on any atom is -0.481 e. The minimum atomic E-state index is -1.07. The molecule has 2 fully saturated rings. The number of amides is 3. The van der Waals surface area contributed by atoms with Gasteiger partial charge in [-0.3, -0.25) is 23.9 Å². The molecule has 0 aliphatic carbocycles. The standard InChI is InChI=1S/C18H27N3O8S2.Fm/c1-9(2)8-10(17(26)21-6-3-4-11(21)18(27)28)19-15(24)13-14(29-13)16(25)20-31-30-7-5-12(22)23;/h9-11,13-14H,3-8H2,1-2H3,(H,19,24)(H,20,25)(H,22,23)(H,27,28);. The first-order valence-electron chi connectivity index (χ1n) is 9.91. The summed E-state index contributed by atoms with van der Waals surface area (Å²) < 4.78 is 7.62. The Balaban J connectivity index is 0.00000512. The molecular weight excluding hydrogens is 707 g/mol. The van der Waals surface area contributed by atoms with Gasteiger partial charge in [-0.1, -0.05) is 24.6 Å². The topological polar surface area (TPSA) is 166 Å². The van der Waals surface area contributed by atoms with E-state index in [0.29, 0.717) is 31.6 Å². The Morgan fingerprint density at radius 3 is 2.38 bits per heavy atom. The van der Waals surface area contributed by atoms with E-state index < -0.39 is 54.0 Å². The molecule has 0 aromatic rings. The predicted molar refractivity (Wildman–Crippen MR) is 113 cm³/mol. The smallest absolute Gasteiger partial charge is 0.326 e. The molecule has 2 heterocycles. The van der Waals surface area contributed by atoms with E-state index in [1.165, 1.54) is 4.90 Å². The molecule has 0 aromatic heterocycles. The van der Waals surface area contributed by atoms with Crippen LogP contribution in [0, 0.1) is 5.92 Å². The van der Waals surface area contributed by atoms with Crippen LogP contribution in [0.1, 0.15) is 39.5 Å². The number of rotatable bonds is 12. The first kappa shape index (κ1) is 27.0. The molecule has 0 spiro atoms. The molecule has 14 heteroatoms. The second kappa shape index (κ2) is 12.2. The molecule has 11 nitrogen and oxygen atoms in total. The molecule has 3 amide bonds. The Kier molecular flexibility index (Phi) is 10.3. The maximum Gasteiger partial charge on any atom is 0.326 e. The summed E-state index contributed by atoms with van der Waals surface area (Å²) >= 11 is 0. The van der Waals surface area contributed by atoms with Crippen LogP contribution in [0.2, 0.25) is 0 Å². The fourth-order valence-corrected chi connectivity index (χ4v) is 4.77. The van der Waals surface area contributed by atoms with Gasteiger partial charge in [0.2, 0.25) is 5.91 Å². The summed E-state index contributed by atoms with van der Waals surface area (Å²) in [6.45, 7) is 4.09. The second-order valence-electron chi connectivity index (χ2n) is 7.71. The monoisotopic (exact) mass is 734 g/mol. The van der Waals surface area contributed by atoms with E-state index in [1.54, 1.807) is 0 Å². The maximum absolute atomic E-state index is 12.9. The molecule has 2 aliphatic rings. The van der Waals surface area contributed by atoms with E-state index in [1.807, 2.05) is 13.8 Å². The molecule has 2 rings (SSSR count). The molecule has 32 heavy (non-hydrogen) atoms. The van der Waals surface area contributed by atoms with Gasteiger partial charge in [-0.2, -0.15) is 0 Å². The van der Waals surface area contributed by atoms with Gasteiger partial charge in [0.05, 0.1) is 6.42 Å². The summed E-state index contributed by atoms with van der Waals surface area (Å²) in [5.74, 6) is -3.20. The fraction of sp³-hybridized carbons (Fsp3) is 0.722. The van der Waals surface area contributed by atoms with Crippen molar-refractivity contribution in [2.75, 3.05) is 12.3 Å². The van der Waals surface area contributed by atoms with Crippen LogP contribution in [0.4, 0.5) is 0 Å². The number of ether oxygens (including phenoxy) is 1. The van der Waals surface area contributed by atoms with Crippen molar-refractivity contribution < 1.29 is 38.9 Å². The molecule has 0 aromatic carbocycles. The van der Waals surface area contributed by atoms with Crippen molar-refractivity contribution in [3.8, 4) is 0 Å². The summed E-state index contributed by atoms with van der Waals surface area (Å²) in [5.41, 5.74) is 0. The molecular formula is C18H27FmN3O8S2. The zero-order chi connectivity index (χ0) is 23.1. The summed E-state index contributed by atoms with van der Waals surface area (Å²) in [4.78, 5) is 60.6. The van der Waals surface area contributed by atoms with Gasteiger partial charge in [-0.15, -0.1) is 0 Å². The van der Waals surface area contributed by atoms with Crippen LogP contribution in [0.3, 0.4) is 0 Å². The van der Waals surface area contributed by atoms with E-state index in [9.17, 15) is 29.1 Å². The molecule has 4 unspecified atom stereocenters. The number of carboxylic acid groups (broad SMARTS) is 2. The van der Waals surface area contributed by atoms with Gasteiger partial charge in [-0.05, 0) is 25.2 Å². The first-order chi connectivity index (χ1) is 14.6. The SMILES string of the molecule is CC(C)CC(NC(=O)C1OC1C(=O)NSSCCC(=O)O)C(=O)N1CCCC1C(=O)O.[Fm]. The fourth-order valence-electron chi connectivity index (χ4n) is 3.24. The van der Waals surface area contributed by atoms with Crippen molar-refractivity contribution in [1.82, 2.24) is 14.9 Å². The van der Waals surface area contributed by atoms with Crippen LogP contribution >= 0.6 is 21.8 Å². The Morgan fingerprint density at radius 2 is 1.78 bits per heavy atom. The van der Waals surface area contributed by atoms with Gasteiger partial charge >= 0.3 is 11.9 Å². The van der Waals surface area contributed by atoms with Crippen LogP contribution in [0.15, 0.2) is 0 Å². The normalized spacial score (nSPS) is 22.6. The maximum atomic E-state index is 12.9. The number of hydrogen-bond donors (Lipinski definition) is 4. The van der Waals surface area contributed by atoms with E-state index in [2.05, 4.69) is 10.0 Å². The van der Waals surface area contributed by atoms with E-state index in [0.717, 1.165) is 21.8 Å². The molecule has 4 N–H and O–H groups in total. The number of carbonyl (C=O) groups excluding carboxylic acids is 3. The van der Waals surface area contributed by atoms with Gasteiger partial charge in [0, 0.05) is 23.3 Å². The van der Waals surface area contributed by atoms with Crippen molar-refractivity contribution in [2.24, 2.45) is 5.92 Å². The zero-order valence-electron chi connectivity index (χ0n) is 17.5. The minimum absolute atomic E-state index is 0. The summed E-state index contributed by atoms with van der Waals surface area (Å²) in [6, 6.07) is -1.80. The van der Waals surface area contributed by atoms with Crippen LogP contribution in [-0.4, -0.2) is 81.4 Å². The van der Waals surface area contributed by atoms with E-state index in [4.69, 9.17) is 9.84 Å². The van der Waals surface area contributed by atoms with Crippen molar-refractivity contribution in [1.29, 1.82) is 0 Å². The zero-order valence-corrected chi connectivity index (χ0v) is 21.6. The summed E-state index contributed by atoms with van der Waals surface area (Å²) in [5, 5.41) is 20.5. The predicted octanol–water partition coefficient (Wildman–Crippen LogP) is 0.248. The Bertz CT molecular complexity index is 726. The van der Waals surface area contributed by atoms with Gasteiger partial charge in [0.25, 0.3) is 11.8 Å². The molecule has 2 saturated heterocycles. The Hall–Kier alpha value is -2.99. The van der Waals surface area contributed by atoms with Crippen LogP contribution < -0.4 is 10.0 Å². The summed E-state index contributed by atoms with van der Waals surface area (Å²) in [7, 11) is 2.11. The first-order valence-corrected chi connectivity index (χ1v) is 12.2. The second-order valence-corrected chi connectivity index (χ2v) is 9.93. The summed E-state index contributed by atoms with van der Waals surface area (Å²) in [6.07, 6.45) is -0.765. The third kappa shape index (κ3) is 7.61. The van der Waals surface area contributed by atoms with E-state index >= 15 is 0 Å². The third-order valence-electron chi connectivity index (χ3n) is 4.75. The molecule has 0 bridgehead atoms. The largest absolute Gasteiger partial charge is 0.481 e. The van der Waals surface area contributed by atoms with Crippen LogP contribution in [-0.2, 0) is 28.7 Å². The third-order valence-corrected chi connectivity index (χ3v) is 6.63. The number of carboxylic acids is 2. The van der Waals surface area contributed by atoms with Crippen LogP contribution in [0.25, 0.3) is 0 Å². The number of hydrogen-bond acceptors (Lipinski definition) is 8. The van der Waals surface area contributed by atoms with Gasteiger partial charge in [-0.25, -0.2) is 4.79 Å².